The average Bonchev–Trinajstić information content (AvgIpc) is 3.30. The van der Waals surface area contributed by atoms with E-state index in [1.165, 1.54) is 96.3 Å². The summed E-state index contributed by atoms with van der Waals surface area (Å²) < 4.78 is 5.92. The second kappa shape index (κ2) is 51.8. The Morgan fingerprint density at radius 3 is 1.43 bits per heavy atom. The lowest BCUT2D eigenvalue weighted by molar-refractivity contribution is -0.151. The summed E-state index contributed by atoms with van der Waals surface area (Å²) in [4.78, 5) is 26.2. The van der Waals surface area contributed by atoms with Crippen LogP contribution in [0.25, 0.3) is 0 Å². The Morgan fingerprint density at radius 1 is 0.477 bits per heavy atom. The summed E-state index contributed by atoms with van der Waals surface area (Å²) in [6.07, 6.45) is 68.9. The Hall–Kier alpha value is -3.22. The van der Waals surface area contributed by atoms with Gasteiger partial charge in [-0.2, -0.15) is 0 Å². The Balaban J connectivity index is 4.72. The number of nitrogens with one attached hydrogen (secondary N) is 1. The van der Waals surface area contributed by atoms with Gasteiger partial charge < -0.3 is 20.3 Å². The standard InChI is InChI=1S/C59H101NO5/c1-4-7-10-13-16-19-22-25-28-29-31-32-35-38-41-44-47-50-55(65-59(64)52-49-46-43-40-37-34-30-26-23-20-17-14-11-8-5-2)53-58(63)60-56(54-61)57(62)51-48-45-42-39-36-33-27-24-21-18-15-12-9-6-3/h8,11,14,16-17,19-20,23,25-26,28,30-32,34,37,55-57,61-62H,4-7,9-10,12-13,15,18,21-22,24,27,29,33,35-36,38-54H2,1-3H3,(H,60,63)/b11-8+,17-14+,19-16-,23-20-,28-25-,30-26-,32-31-,37-34+. The monoisotopic (exact) mass is 904 g/mol. The Kier molecular flexibility index (Phi) is 49.2. The molecule has 0 aromatic heterocycles. The molecule has 0 saturated heterocycles. The van der Waals surface area contributed by atoms with Gasteiger partial charge in [-0.05, 0) is 83.5 Å². The fourth-order valence-corrected chi connectivity index (χ4v) is 7.69. The van der Waals surface area contributed by atoms with Crippen LogP contribution in [0.2, 0.25) is 0 Å². The fourth-order valence-electron chi connectivity index (χ4n) is 7.69. The molecule has 0 saturated carbocycles. The molecule has 0 aromatic rings. The Morgan fingerprint density at radius 2 is 0.892 bits per heavy atom. The lowest BCUT2D eigenvalue weighted by Gasteiger charge is -2.24. The largest absolute Gasteiger partial charge is 0.462 e. The van der Waals surface area contributed by atoms with E-state index in [1.807, 2.05) is 42.5 Å². The molecule has 372 valence electrons. The van der Waals surface area contributed by atoms with Crippen molar-refractivity contribution in [3.63, 3.8) is 0 Å². The number of unbranched alkanes of at least 4 members (excludes halogenated alkanes) is 23. The Labute approximate surface area is 401 Å². The van der Waals surface area contributed by atoms with Crippen molar-refractivity contribution in [2.24, 2.45) is 0 Å². The number of amides is 1. The SMILES string of the molecule is CC/C=C/C=C/C=C\C=C/C=C/CCCCCC(=O)OC(CCCCCC/C=C\C/C=C\C/C=C\CCCCC)CC(=O)NC(CO)C(O)CCCCCCCCCCCCCCCC. The Bertz CT molecular complexity index is 1290. The van der Waals surface area contributed by atoms with Crippen molar-refractivity contribution < 1.29 is 24.5 Å². The van der Waals surface area contributed by atoms with Gasteiger partial charge in [0.15, 0.2) is 0 Å². The van der Waals surface area contributed by atoms with Gasteiger partial charge in [-0.15, -0.1) is 0 Å². The third-order valence-electron chi connectivity index (χ3n) is 11.8. The number of hydrogen-bond donors (Lipinski definition) is 3. The van der Waals surface area contributed by atoms with Crippen LogP contribution in [0.5, 0.6) is 0 Å². The molecule has 0 bridgehead atoms. The molecule has 1 amide bonds. The number of carbonyl (C=O) groups is 2. The van der Waals surface area contributed by atoms with E-state index in [0.717, 1.165) is 96.3 Å². The molecule has 65 heavy (non-hydrogen) atoms. The van der Waals surface area contributed by atoms with Crippen molar-refractivity contribution in [2.75, 3.05) is 6.61 Å². The van der Waals surface area contributed by atoms with Crippen LogP contribution in [0.3, 0.4) is 0 Å². The molecule has 3 N–H and O–H groups in total. The summed E-state index contributed by atoms with van der Waals surface area (Å²) in [5, 5.41) is 23.8. The lowest BCUT2D eigenvalue weighted by Crippen LogP contribution is -2.46. The minimum Gasteiger partial charge on any atom is -0.462 e. The maximum Gasteiger partial charge on any atom is 0.306 e. The molecule has 0 aliphatic rings. The maximum absolute atomic E-state index is 13.2. The second-order valence-corrected chi connectivity index (χ2v) is 18.0. The van der Waals surface area contributed by atoms with Gasteiger partial charge in [0.25, 0.3) is 0 Å². The predicted octanol–water partition coefficient (Wildman–Crippen LogP) is 16.5. The third kappa shape index (κ3) is 47.1. The molecular formula is C59H101NO5. The van der Waals surface area contributed by atoms with Crippen LogP contribution >= 0.6 is 0 Å². The van der Waals surface area contributed by atoms with E-state index in [0.29, 0.717) is 19.3 Å². The summed E-state index contributed by atoms with van der Waals surface area (Å²) in [5.74, 6) is -0.549. The van der Waals surface area contributed by atoms with E-state index in [9.17, 15) is 19.8 Å². The summed E-state index contributed by atoms with van der Waals surface area (Å²) in [7, 11) is 0. The van der Waals surface area contributed by atoms with Crippen molar-refractivity contribution in [3.05, 3.63) is 97.2 Å². The van der Waals surface area contributed by atoms with E-state index in [-0.39, 0.29) is 24.9 Å². The van der Waals surface area contributed by atoms with Crippen molar-refractivity contribution in [1.29, 1.82) is 0 Å². The highest BCUT2D eigenvalue weighted by atomic mass is 16.5. The van der Waals surface area contributed by atoms with Crippen LogP contribution in [-0.2, 0) is 14.3 Å². The molecule has 3 atom stereocenters. The first-order chi connectivity index (χ1) is 32.0. The number of carbonyl (C=O) groups excluding carboxylic acids is 2. The highest BCUT2D eigenvalue weighted by Gasteiger charge is 2.24. The minimum atomic E-state index is -0.808. The van der Waals surface area contributed by atoms with Gasteiger partial charge in [-0.1, -0.05) is 240 Å². The van der Waals surface area contributed by atoms with Gasteiger partial charge in [0.1, 0.15) is 6.10 Å². The highest BCUT2D eigenvalue weighted by Crippen LogP contribution is 2.17. The van der Waals surface area contributed by atoms with E-state index in [4.69, 9.17) is 4.74 Å². The van der Waals surface area contributed by atoms with Gasteiger partial charge in [0.05, 0.1) is 25.2 Å². The second-order valence-electron chi connectivity index (χ2n) is 18.0. The summed E-state index contributed by atoms with van der Waals surface area (Å²) >= 11 is 0. The number of aliphatic hydroxyl groups is 2. The molecule has 0 aliphatic heterocycles. The van der Waals surface area contributed by atoms with Crippen LogP contribution in [0, 0.1) is 0 Å². The first-order valence-electron chi connectivity index (χ1n) is 27.0. The molecule has 0 heterocycles. The zero-order valence-corrected chi connectivity index (χ0v) is 42.3. The van der Waals surface area contributed by atoms with E-state index in [1.54, 1.807) is 0 Å². The maximum atomic E-state index is 13.2. The van der Waals surface area contributed by atoms with Gasteiger partial charge >= 0.3 is 5.97 Å². The van der Waals surface area contributed by atoms with E-state index in [2.05, 4.69) is 80.8 Å². The first-order valence-corrected chi connectivity index (χ1v) is 27.0. The number of allylic oxidation sites excluding steroid dienone is 16. The number of esters is 1. The summed E-state index contributed by atoms with van der Waals surface area (Å²) in [5.41, 5.74) is 0. The summed E-state index contributed by atoms with van der Waals surface area (Å²) in [6, 6.07) is -0.724. The van der Waals surface area contributed by atoms with Crippen LogP contribution in [0.15, 0.2) is 97.2 Å². The average molecular weight is 904 g/mol. The highest BCUT2D eigenvalue weighted by molar-refractivity contribution is 5.77. The first kappa shape index (κ1) is 61.8. The fraction of sp³-hybridized carbons (Fsp3) is 0.695. The molecule has 0 aliphatic carbocycles. The van der Waals surface area contributed by atoms with Crippen LogP contribution < -0.4 is 5.32 Å². The topological polar surface area (TPSA) is 95.9 Å². The summed E-state index contributed by atoms with van der Waals surface area (Å²) in [6.45, 7) is 6.30. The number of aliphatic hydroxyl groups excluding tert-OH is 2. The normalized spacial score (nSPS) is 14.0. The molecule has 0 radical (unpaired) electrons. The predicted molar refractivity (Wildman–Crippen MR) is 282 cm³/mol. The quantitative estimate of drug-likeness (QED) is 0.0245. The van der Waals surface area contributed by atoms with Crippen LogP contribution in [-0.4, -0.2) is 46.9 Å². The zero-order valence-electron chi connectivity index (χ0n) is 42.3. The minimum absolute atomic E-state index is 0.0401. The van der Waals surface area contributed by atoms with Gasteiger partial charge in [-0.3, -0.25) is 9.59 Å². The molecule has 0 fully saturated rings. The lowest BCUT2D eigenvalue weighted by atomic mass is 10.0. The van der Waals surface area contributed by atoms with Crippen molar-refractivity contribution in [2.45, 2.75) is 257 Å². The van der Waals surface area contributed by atoms with E-state index >= 15 is 0 Å². The molecule has 6 heteroatoms. The van der Waals surface area contributed by atoms with Gasteiger partial charge in [0, 0.05) is 6.42 Å². The van der Waals surface area contributed by atoms with Crippen LogP contribution in [0.4, 0.5) is 0 Å². The zero-order chi connectivity index (χ0) is 47.4. The number of ether oxygens (including phenoxy) is 1. The van der Waals surface area contributed by atoms with Crippen LogP contribution in [0.1, 0.15) is 239 Å². The smallest absolute Gasteiger partial charge is 0.306 e. The van der Waals surface area contributed by atoms with Gasteiger partial charge in [-0.25, -0.2) is 0 Å². The molecule has 0 rings (SSSR count). The van der Waals surface area contributed by atoms with Crippen molar-refractivity contribution >= 4 is 11.9 Å². The molecule has 6 nitrogen and oxygen atoms in total. The number of rotatable bonds is 47. The molecule has 0 aromatic carbocycles. The number of hydrogen-bond acceptors (Lipinski definition) is 5. The van der Waals surface area contributed by atoms with Gasteiger partial charge in [0.2, 0.25) is 5.91 Å². The van der Waals surface area contributed by atoms with Crippen molar-refractivity contribution in [3.8, 4) is 0 Å². The third-order valence-corrected chi connectivity index (χ3v) is 11.8. The molecule has 0 spiro atoms. The van der Waals surface area contributed by atoms with E-state index < -0.39 is 18.2 Å². The van der Waals surface area contributed by atoms with Crippen molar-refractivity contribution in [1.82, 2.24) is 5.32 Å². The molecular weight excluding hydrogens is 803 g/mol. The molecule has 3 unspecified atom stereocenters.